The van der Waals surface area contributed by atoms with Gasteiger partial charge in [0.2, 0.25) is 5.12 Å². The minimum Gasteiger partial charge on any atom is -0.282 e. The second kappa shape index (κ2) is 5.69. The molecule has 0 spiro atoms. The Hall–Kier alpha value is -0.980. The summed E-state index contributed by atoms with van der Waals surface area (Å²) >= 11 is 6.84. The van der Waals surface area contributed by atoms with Gasteiger partial charge in [-0.2, -0.15) is 5.26 Å². The molecule has 0 bridgehead atoms. The highest BCUT2D eigenvalue weighted by atomic mass is 35.5. The van der Waals surface area contributed by atoms with E-state index in [4.69, 9.17) is 16.9 Å². The molecule has 0 aliphatic heterocycles. The van der Waals surface area contributed by atoms with Gasteiger partial charge in [0.25, 0.3) is 0 Å². The Morgan fingerprint density at radius 3 is 2.64 bits per heavy atom. The van der Waals surface area contributed by atoms with Gasteiger partial charge in [-0.3, -0.25) is 4.79 Å². The number of carbonyl (C=O) groups excluding carboxylic acids is 1. The van der Waals surface area contributed by atoms with Crippen LogP contribution in [0.4, 0.5) is 0 Å². The Labute approximate surface area is 91.9 Å². The van der Waals surface area contributed by atoms with Gasteiger partial charge < -0.3 is 0 Å². The molecule has 1 aromatic carbocycles. The van der Waals surface area contributed by atoms with E-state index in [1.807, 2.05) is 6.07 Å². The Morgan fingerprint density at radius 1 is 1.43 bits per heavy atom. The number of halogens is 1. The maximum atomic E-state index is 11.4. The van der Waals surface area contributed by atoms with Gasteiger partial charge in [0.1, 0.15) is 0 Å². The van der Waals surface area contributed by atoms with E-state index < -0.39 is 0 Å². The summed E-state index contributed by atoms with van der Waals surface area (Å²) in [6.07, 6.45) is 0.393. The smallest absolute Gasteiger partial charge is 0.219 e. The standard InChI is InChI=1S/C10H8ClNOS/c11-9-4-2-8(3-5-9)10(13)14-7-1-6-12/h2-5H,1,7H2. The molecule has 1 aromatic rings. The molecule has 14 heavy (non-hydrogen) atoms. The van der Waals surface area contributed by atoms with Gasteiger partial charge in [-0.25, -0.2) is 0 Å². The highest BCUT2D eigenvalue weighted by Gasteiger charge is 2.05. The van der Waals surface area contributed by atoms with Crippen LogP contribution in [-0.2, 0) is 0 Å². The van der Waals surface area contributed by atoms with Gasteiger partial charge in [0, 0.05) is 22.8 Å². The summed E-state index contributed by atoms with van der Waals surface area (Å²) in [5.74, 6) is 0.540. The molecule has 0 N–H and O–H groups in total. The monoisotopic (exact) mass is 225 g/mol. The highest BCUT2D eigenvalue weighted by Crippen LogP contribution is 2.15. The predicted molar refractivity (Wildman–Crippen MR) is 58.5 cm³/mol. The van der Waals surface area contributed by atoms with E-state index >= 15 is 0 Å². The fourth-order valence-corrected chi connectivity index (χ4v) is 1.67. The molecule has 0 aromatic heterocycles. The fraction of sp³-hybridized carbons (Fsp3) is 0.200. The zero-order chi connectivity index (χ0) is 10.4. The molecule has 1 rings (SSSR count). The number of benzene rings is 1. The Balaban J connectivity index is 2.53. The summed E-state index contributed by atoms with van der Waals surface area (Å²) in [5, 5.41) is 8.89. The van der Waals surface area contributed by atoms with E-state index in [1.165, 1.54) is 0 Å². The Kier molecular flexibility index (Phi) is 4.51. The molecule has 0 amide bonds. The minimum absolute atomic E-state index is 0.0167. The number of carbonyl (C=O) groups is 1. The van der Waals surface area contributed by atoms with Crippen LogP contribution in [0.15, 0.2) is 24.3 Å². The predicted octanol–water partition coefficient (Wildman–Crippen LogP) is 3.13. The fourth-order valence-electron chi connectivity index (χ4n) is 0.859. The minimum atomic E-state index is -0.0167. The summed E-state index contributed by atoms with van der Waals surface area (Å²) in [7, 11) is 0. The number of hydrogen-bond acceptors (Lipinski definition) is 3. The molecule has 0 fully saturated rings. The third-order valence-electron chi connectivity index (χ3n) is 1.53. The van der Waals surface area contributed by atoms with Crippen molar-refractivity contribution in [3.63, 3.8) is 0 Å². The number of nitrogens with zero attached hydrogens (tertiary/aromatic N) is 1. The summed E-state index contributed by atoms with van der Waals surface area (Å²) in [4.78, 5) is 11.4. The van der Waals surface area contributed by atoms with Crippen molar-refractivity contribution >= 4 is 28.5 Å². The number of thioether (sulfide) groups is 1. The quantitative estimate of drug-likeness (QED) is 0.743. The Morgan fingerprint density at radius 2 is 2.07 bits per heavy atom. The average Bonchev–Trinajstić information content (AvgIpc) is 2.19. The van der Waals surface area contributed by atoms with Gasteiger partial charge in [-0.15, -0.1) is 0 Å². The van der Waals surface area contributed by atoms with Crippen molar-refractivity contribution in [3.05, 3.63) is 34.9 Å². The van der Waals surface area contributed by atoms with Crippen LogP contribution in [-0.4, -0.2) is 10.9 Å². The van der Waals surface area contributed by atoms with Gasteiger partial charge in [0.05, 0.1) is 6.07 Å². The van der Waals surface area contributed by atoms with Crippen molar-refractivity contribution < 1.29 is 4.79 Å². The SMILES string of the molecule is N#CCCSC(=O)c1ccc(Cl)cc1. The largest absolute Gasteiger partial charge is 0.282 e. The van der Waals surface area contributed by atoms with Crippen molar-refractivity contribution in [1.82, 2.24) is 0 Å². The highest BCUT2D eigenvalue weighted by molar-refractivity contribution is 8.14. The molecule has 2 nitrogen and oxygen atoms in total. The molecule has 0 saturated heterocycles. The molecule has 0 aliphatic rings. The molecule has 0 atom stereocenters. The van der Waals surface area contributed by atoms with Crippen molar-refractivity contribution in [2.45, 2.75) is 6.42 Å². The maximum Gasteiger partial charge on any atom is 0.219 e. The summed E-state index contributed by atoms with van der Waals surface area (Å²) in [6, 6.07) is 8.72. The van der Waals surface area contributed by atoms with Crippen molar-refractivity contribution in [2.75, 3.05) is 5.75 Å². The molecule has 4 heteroatoms. The third kappa shape index (κ3) is 3.41. The van der Waals surface area contributed by atoms with E-state index in [9.17, 15) is 4.79 Å². The normalized spacial score (nSPS) is 9.43. The van der Waals surface area contributed by atoms with Crippen LogP contribution in [0.1, 0.15) is 16.8 Å². The lowest BCUT2D eigenvalue weighted by molar-refractivity contribution is 0.108. The van der Waals surface area contributed by atoms with Crippen LogP contribution in [0.3, 0.4) is 0 Å². The topological polar surface area (TPSA) is 40.9 Å². The van der Waals surface area contributed by atoms with E-state index in [1.54, 1.807) is 24.3 Å². The number of hydrogen-bond donors (Lipinski definition) is 0. The number of rotatable bonds is 3. The lowest BCUT2D eigenvalue weighted by atomic mass is 10.2. The van der Waals surface area contributed by atoms with Crippen LogP contribution in [0.5, 0.6) is 0 Å². The molecule has 0 heterocycles. The molecule has 0 radical (unpaired) electrons. The van der Waals surface area contributed by atoms with Crippen molar-refractivity contribution in [2.24, 2.45) is 0 Å². The summed E-state index contributed by atoms with van der Waals surface area (Å²) in [6.45, 7) is 0. The number of nitriles is 1. The van der Waals surface area contributed by atoms with Crippen molar-refractivity contribution in [3.8, 4) is 6.07 Å². The van der Waals surface area contributed by atoms with Crippen LogP contribution in [0, 0.1) is 11.3 Å². The van der Waals surface area contributed by atoms with Crippen molar-refractivity contribution in [1.29, 1.82) is 5.26 Å². The Bertz CT molecular complexity index is 355. The van der Waals surface area contributed by atoms with Crippen LogP contribution in [0.2, 0.25) is 5.02 Å². The molecular weight excluding hydrogens is 218 g/mol. The summed E-state index contributed by atoms with van der Waals surface area (Å²) in [5.41, 5.74) is 0.623. The van der Waals surface area contributed by atoms with Crippen LogP contribution >= 0.6 is 23.4 Å². The second-order valence-corrected chi connectivity index (χ2v) is 4.06. The van der Waals surface area contributed by atoms with Gasteiger partial charge >= 0.3 is 0 Å². The summed E-state index contributed by atoms with van der Waals surface area (Å²) < 4.78 is 0. The first kappa shape index (κ1) is 11.1. The molecule has 0 unspecified atom stereocenters. The van der Waals surface area contributed by atoms with E-state index in [0.29, 0.717) is 22.8 Å². The van der Waals surface area contributed by atoms with Gasteiger partial charge in [-0.1, -0.05) is 23.4 Å². The van der Waals surface area contributed by atoms with Gasteiger partial charge in [-0.05, 0) is 24.3 Å². The van der Waals surface area contributed by atoms with Crippen LogP contribution in [0.25, 0.3) is 0 Å². The zero-order valence-electron chi connectivity index (χ0n) is 7.37. The lowest BCUT2D eigenvalue weighted by Gasteiger charge is -1.98. The third-order valence-corrected chi connectivity index (χ3v) is 2.69. The van der Waals surface area contributed by atoms with Crippen LogP contribution < -0.4 is 0 Å². The first-order valence-corrected chi connectivity index (χ1v) is 5.40. The molecule has 0 aliphatic carbocycles. The molecule has 72 valence electrons. The second-order valence-electron chi connectivity index (χ2n) is 2.55. The molecular formula is C10H8ClNOS. The average molecular weight is 226 g/mol. The first-order chi connectivity index (χ1) is 6.74. The van der Waals surface area contributed by atoms with E-state index in [0.717, 1.165) is 11.8 Å². The van der Waals surface area contributed by atoms with Gasteiger partial charge in [0.15, 0.2) is 0 Å². The van der Waals surface area contributed by atoms with E-state index in [2.05, 4.69) is 0 Å². The maximum absolute atomic E-state index is 11.4. The van der Waals surface area contributed by atoms with E-state index in [-0.39, 0.29) is 5.12 Å². The first-order valence-electron chi connectivity index (χ1n) is 4.03. The lowest BCUT2D eigenvalue weighted by Crippen LogP contribution is -1.93. The zero-order valence-corrected chi connectivity index (χ0v) is 8.94. The molecule has 0 saturated carbocycles.